The molecule has 0 atom stereocenters. The van der Waals surface area contributed by atoms with E-state index in [0.29, 0.717) is 51.0 Å². The summed E-state index contributed by atoms with van der Waals surface area (Å²) in [7, 11) is -10.5. The molecule has 4 aromatic rings. The van der Waals surface area contributed by atoms with Crippen molar-refractivity contribution in [1.82, 2.24) is 14.2 Å². The van der Waals surface area contributed by atoms with Crippen LogP contribution in [0.1, 0.15) is 64.2 Å². The molecule has 2 fully saturated rings. The van der Waals surface area contributed by atoms with E-state index in [1.54, 1.807) is 120 Å². The first kappa shape index (κ1) is 47.3. The Bertz CT molecular complexity index is 2130. The molecule has 0 unspecified atom stereocenters. The number of hydrogen-bond donors (Lipinski definition) is 3. The van der Waals surface area contributed by atoms with E-state index in [4.69, 9.17) is 0 Å². The van der Waals surface area contributed by atoms with Crippen molar-refractivity contribution < 1.29 is 33.7 Å². The summed E-state index contributed by atoms with van der Waals surface area (Å²) in [5.74, 6) is 2.69. The number of hydrogen-bond acceptors (Lipinski definition) is 10. The number of nitrogens with one attached hydrogen (secondary N) is 3. The third-order valence-electron chi connectivity index (χ3n) is 10.5. The van der Waals surface area contributed by atoms with Crippen molar-refractivity contribution >= 4 is 61.5 Å². The van der Waals surface area contributed by atoms with Gasteiger partial charge >= 0.3 is 0 Å². The molecule has 322 valence electrons. The van der Waals surface area contributed by atoms with Crippen molar-refractivity contribution in [3.05, 3.63) is 121 Å². The second kappa shape index (κ2) is 22.9. The third kappa shape index (κ3) is 15.6. The highest BCUT2D eigenvalue weighted by atomic mass is 33.1. The van der Waals surface area contributed by atoms with Crippen LogP contribution in [0, 0.1) is 11.8 Å². The van der Waals surface area contributed by atoms with Gasteiger partial charge in [0.05, 0.1) is 25.3 Å². The van der Waals surface area contributed by atoms with E-state index in [1.165, 1.54) is 10.8 Å². The molecule has 3 N–H and O–H groups in total. The molecule has 0 saturated heterocycles. The van der Waals surface area contributed by atoms with E-state index in [0.717, 1.165) is 57.8 Å². The minimum Gasteiger partial charge on any atom is -0.224 e. The molecular formula is C42H55N3O8S6. The Balaban J connectivity index is 0.000000231. The fourth-order valence-electron chi connectivity index (χ4n) is 7.35. The van der Waals surface area contributed by atoms with Crippen LogP contribution in [-0.2, 0) is 39.9 Å². The van der Waals surface area contributed by atoms with E-state index in [2.05, 4.69) is 14.2 Å². The van der Waals surface area contributed by atoms with Crippen LogP contribution in [0.4, 0.5) is 0 Å². The highest BCUT2D eigenvalue weighted by molar-refractivity contribution is 8.76. The average molecular weight is 922 g/mol. The van der Waals surface area contributed by atoms with Gasteiger partial charge in [-0.05, 0) is 125 Å². The molecule has 0 spiro atoms. The van der Waals surface area contributed by atoms with Crippen LogP contribution in [-0.4, -0.2) is 69.6 Å². The molecule has 17 heteroatoms. The third-order valence-corrected chi connectivity index (χ3v) is 19.3. The Labute approximate surface area is 359 Å². The van der Waals surface area contributed by atoms with E-state index in [9.17, 15) is 33.7 Å². The Kier molecular flexibility index (Phi) is 18.4. The molecule has 0 heterocycles. The smallest absolute Gasteiger partial charge is 0.224 e. The molecule has 0 aromatic heterocycles. The zero-order valence-electron chi connectivity index (χ0n) is 33.0. The summed E-state index contributed by atoms with van der Waals surface area (Å²) in [5, 5.41) is 0. The molecule has 59 heavy (non-hydrogen) atoms. The van der Waals surface area contributed by atoms with Gasteiger partial charge in [-0.15, -0.1) is 0 Å². The second-order valence-electron chi connectivity index (χ2n) is 14.9. The zero-order valence-corrected chi connectivity index (χ0v) is 37.9. The molecular weight excluding hydrogens is 867 g/mol. The lowest BCUT2D eigenvalue weighted by Gasteiger charge is -2.34. The summed E-state index contributed by atoms with van der Waals surface area (Å²) in [5.41, 5.74) is 0. The zero-order chi connectivity index (χ0) is 42.2. The lowest BCUT2D eigenvalue weighted by atomic mass is 9.76. The normalized spacial score (nSPS) is 20.3. The summed E-state index contributed by atoms with van der Waals surface area (Å²) in [6.45, 7) is 0.331. The average Bonchev–Trinajstić information content (AvgIpc) is 3.24. The maximum absolute atomic E-state index is 12.6. The fourth-order valence-corrected chi connectivity index (χ4v) is 14.7. The van der Waals surface area contributed by atoms with E-state index < -0.39 is 39.9 Å². The summed E-state index contributed by atoms with van der Waals surface area (Å²) < 4.78 is 107. The summed E-state index contributed by atoms with van der Waals surface area (Å²) in [6.07, 6.45) is 9.41. The second-order valence-corrected chi connectivity index (χ2v) is 24.9. The predicted octanol–water partition coefficient (Wildman–Crippen LogP) is 7.66. The Hall–Kier alpha value is -2.74. The Morgan fingerprint density at radius 1 is 0.441 bits per heavy atom. The van der Waals surface area contributed by atoms with Crippen molar-refractivity contribution in [3.63, 3.8) is 0 Å². The molecule has 2 aliphatic rings. The predicted molar refractivity (Wildman–Crippen MR) is 239 cm³/mol. The Morgan fingerprint density at radius 3 is 1.20 bits per heavy atom. The molecule has 0 bridgehead atoms. The van der Waals surface area contributed by atoms with Gasteiger partial charge in [-0.1, -0.05) is 94.4 Å². The SMILES string of the molecule is O=S(=O)(CCCSSCCNS(=O)(=O)c1ccccc1)c1ccccc1.O=S(=O)(NC1CCC(CC2CCC(NS(=O)(=O)c3ccccc3)CC2)CC1)c1ccccc1. The van der Waals surface area contributed by atoms with Gasteiger partial charge in [-0.3, -0.25) is 0 Å². The molecule has 0 radical (unpaired) electrons. The van der Waals surface area contributed by atoms with E-state index in [-0.39, 0.29) is 22.7 Å². The first-order valence-electron chi connectivity index (χ1n) is 20.0. The maximum Gasteiger partial charge on any atom is 0.240 e. The van der Waals surface area contributed by atoms with Crippen molar-refractivity contribution in [2.45, 2.75) is 95.9 Å². The van der Waals surface area contributed by atoms with Gasteiger partial charge in [-0.2, -0.15) is 0 Å². The standard InChI is InChI=1S/C25H34N2O4S2.C17H21NO4S4/c28-32(29,24-7-3-1-4-8-24)26-22-15-11-20(12-16-22)19-21-13-17-23(18-14-21)27-33(30,31)25-9-5-2-6-10-25;19-25(20,16-8-3-1-4-9-16)15-7-13-23-24-14-12-18-26(21,22)17-10-5-2-6-11-17/h1-10,20-23,26-27H,11-19H2;1-6,8-11,18H,7,12-15H2. The van der Waals surface area contributed by atoms with Crippen molar-refractivity contribution in [3.8, 4) is 0 Å². The van der Waals surface area contributed by atoms with Crippen LogP contribution in [0.25, 0.3) is 0 Å². The van der Waals surface area contributed by atoms with Gasteiger partial charge in [0.1, 0.15) is 0 Å². The highest BCUT2D eigenvalue weighted by Gasteiger charge is 2.30. The topological polar surface area (TPSA) is 173 Å². The summed E-state index contributed by atoms with van der Waals surface area (Å²) >= 11 is 0. The van der Waals surface area contributed by atoms with Gasteiger partial charge in [0.2, 0.25) is 30.1 Å². The largest absolute Gasteiger partial charge is 0.240 e. The number of sulfonamides is 3. The summed E-state index contributed by atoms with van der Waals surface area (Å²) in [4.78, 5) is 1.26. The number of rotatable bonds is 19. The van der Waals surface area contributed by atoms with E-state index in [1.807, 2.05) is 12.1 Å². The van der Waals surface area contributed by atoms with Gasteiger partial charge in [0.15, 0.2) is 9.84 Å². The van der Waals surface area contributed by atoms with Crippen molar-refractivity contribution in [1.29, 1.82) is 0 Å². The van der Waals surface area contributed by atoms with Crippen LogP contribution >= 0.6 is 21.6 Å². The number of benzene rings is 4. The van der Waals surface area contributed by atoms with Gasteiger partial charge in [0, 0.05) is 30.1 Å². The fraction of sp³-hybridized carbons (Fsp3) is 0.429. The molecule has 6 rings (SSSR count). The first-order valence-corrected chi connectivity index (χ1v) is 28.5. The minimum atomic E-state index is -3.46. The first-order chi connectivity index (χ1) is 28.2. The lowest BCUT2D eigenvalue weighted by Crippen LogP contribution is -2.39. The monoisotopic (exact) mass is 921 g/mol. The molecule has 11 nitrogen and oxygen atoms in total. The van der Waals surface area contributed by atoms with Gasteiger partial charge in [-0.25, -0.2) is 47.8 Å². The van der Waals surface area contributed by atoms with E-state index >= 15 is 0 Å². The summed E-state index contributed by atoms with van der Waals surface area (Å²) in [6, 6.07) is 33.8. The van der Waals surface area contributed by atoms with Gasteiger partial charge in [0.25, 0.3) is 0 Å². The molecule has 0 aliphatic heterocycles. The van der Waals surface area contributed by atoms with Crippen molar-refractivity contribution in [2.75, 3.05) is 23.8 Å². The van der Waals surface area contributed by atoms with Crippen LogP contribution in [0.2, 0.25) is 0 Å². The minimum absolute atomic E-state index is 0.00888. The lowest BCUT2D eigenvalue weighted by molar-refractivity contribution is 0.218. The van der Waals surface area contributed by atoms with Crippen molar-refractivity contribution in [2.24, 2.45) is 11.8 Å². The Morgan fingerprint density at radius 2 is 0.797 bits per heavy atom. The molecule has 0 amide bonds. The van der Waals surface area contributed by atoms with Crippen LogP contribution in [0.5, 0.6) is 0 Å². The molecule has 2 saturated carbocycles. The highest BCUT2D eigenvalue weighted by Crippen LogP contribution is 2.36. The van der Waals surface area contributed by atoms with Crippen LogP contribution in [0.15, 0.2) is 141 Å². The van der Waals surface area contributed by atoms with Gasteiger partial charge < -0.3 is 0 Å². The molecule has 2 aliphatic carbocycles. The van der Waals surface area contributed by atoms with Crippen LogP contribution in [0.3, 0.4) is 0 Å². The maximum atomic E-state index is 12.6. The quantitative estimate of drug-likeness (QED) is 0.0627. The van der Waals surface area contributed by atoms with Crippen LogP contribution < -0.4 is 14.2 Å². The molecule has 4 aromatic carbocycles. The number of sulfone groups is 1.